The van der Waals surface area contributed by atoms with Gasteiger partial charge in [-0.3, -0.25) is 5.32 Å². The molecular weight excluding hydrogens is 442 g/mol. The van der Waals surface area contributed by atoms with E-state index >= 15 is 0 Å². The van der Waals surface area contributed by atoms with Gasteiger partial charge in [-0.15, -0.1) is 0 Å². The number of urea groups is 1. The molecule has 0 bridgehead atoms. The highest BCUT2D eigenvalue weighted by Gasteiger charge is 2.26. The third-order valence-corrected chi connectivity index (χ3v) is 7.06. The van der Waals surface area contributed by atoms with Crippen LogP contribution in [0.3, 0.4) is 0 Å². The van der Waals surface area contributed by atoms with E-state index in [9.17, 15) is 18.0 Å². The van der Waals surface area contributed by atoms with Gasteiger partial charge in [0.05, 0.1) is 4.90 Å². The number of carbonyl (C=O) groups excluding carboxylic acids is 2. The lowest BCUT2D eigenvalue weighted by Gasteiger charge is -2.20. The zero-order chi connectivity index (χ0) is 23.8. The second-order valence-corrected chi connectivity index (χ2v) is 11.1. The number of hydrogen-bond donors (Lipinski definition) is 3. The molecule has 0 saturated carbocycles. The molecule has 0 saturated heterocycles. The monoisotopic (exact) mass is 471 g/mol. The van der Waals surface area contributed by atoms with Gasteiger partial charge in [-0.05, 0) is 99.7 Å². The van der Waals surface area contributed by atoms with Gasteiger partial charge in [0, 0.05) is 11.4 Å². The van der Waals surface area contributed by atoms with Gasteiger partial charge in [0.15, 0.2) is 0 Å². The average Bonchev–Trinajstić information content (AvgIpc) is 3.35. The number of rotatable bonds is 4. The molecule has 33 heavy (non-hydrogen) atoms. The topological polar surface area (TPSA) is 114 Å². The fourth-order valence-corrected chi connectivity index (χ4v) is 5.40. The minimum atomic E-state index is -4.16. The molecule has 2 aliphatic carbocycles. The summed E-state index contributed by atoms with van der Waals surface area (Å²) >= 11 is 0. The summed E-state index contributed by atoms with van der Waals surface area (Å²) in [5, 5.41) is 5.33. The van der Waals surface area contributed by atoms with Gasteiger partial charge in [0.1, 0.15) is 5.60 Å². The molecule has 9 heteroatoms. The number of ether oxygens (including phenoxy) is 1. The van der Waals surface area contributed by atoms with Gasteiger partial charge in [0.2, 0.25) is 0 Å². The standard InChI is InChI=1S/C24H29N3O5S/c1-24(2,3)32-23(29)25-17-9-6-10-18(14-17)33(30,31)27-22(28)26-21-19-11-4-7-15(19)13-16-8-5-12-20(16)21/h6,9-10,13-14H,4-5,7-8,11-12H2,1-3H3,(H,25,29)(H2,26,27,28). The molecule has 0 aromatic heterocycles. The van der Waals surface area contributed by atoms with Crippen molar-refractivity contribution in [2.24, 2.45) is 0 Å². The minimum absolute atomic E-state index is 0.144. The Bertz CT molecular complexity index is 1180. The number of fused-ring (bicyclic) bond motifs is 2. The summed E-state index contributed by atoms with van der Waals surface area (Å²) in [6.45, 7) is 5.19. The average molecular weight is 472 g/mol. The maximum atomic E-state index is 12.9. The Balaban J connectivity index is 1.49. The third-order valence-electron chi connectivity index (χ3n) is 5.73. The summed E-state index contributed by atoms with van der Waals surface area (Å²) in [5.74, 6) is 0. The molecule has 0 atom stereocenters. The fraction of sp³-hybridized carbons (Fsp3) is 0.417. The molecule has 0 aliphatic heterocycles. The molecular formula is C24H29N3O5S. The number of benzene rings is 2. The zero-order valence-electron chi connectivity index (χ0n) is 19.1. The molecule has 4 rings (SSSR count). The van der Waals surface area contributed by atoms with Crippen LogP contribution in [0.1, 0.15) is 55.9 Å². The van der Waals surface area contributed by atoms with Gasteiger partial charge in [-0.25, -0.2) is 22.7 Å². The number of amides is 3. The van der Waals surface area contributed by atoms with Crippen LogP contribution in [0.15, 0.2) is 35.2 Å². The van der Waals surface area contributed by atoms with Crippen LogP contribution in [0.4, 0.5) is 21.0 Å². The van der Waals surface area contributed by atoms with Crippen LogP contribution in [-0.2, 0) is 40.4 Å². The molecule has 0 heterocycles. The van der Waals surface area contributed by atoms with Gasteiger partial charge >= 0.3 is 12.1 Å². The number of aryl methyl sites for hydroxylation is 2. The van der Waals surface area contributed by atoms with Crippen LogP contribution in [0.2, 0.25) is 0 Å². The molecule has 0 fully saturated rings. The van der Waals surface area contributed by atoms with E-state index in [-0.39, 0.29) is 10.6 Å². The molecule has 3 N–H and O–H groups in total. The lowest BCUT2D eigenvalue weighted by atomic mass is 9.99. The summed E-state index contributed by atoms with van der Waals surface area (Å²) in [7, 11) is -4.16. The highest BCUT2D eigenvalue weighted by molar-refractivity contribution is 7.90. The van der Waals surface area contributed by atoms with E-state index in [4.69, 9.17) is 4.74 Å². The van der Waals surface area contributed by atoms with Crippen LogP contribution in [0.5, 0.6) is 0 Å². The molecule has 176 valence electrons. The highest BCUT2D eigenvalue weighted by Crippen LogP contribution is 2.38. The van der Waals surface area contributed by atoms with Crippen molar-refractivity contribution >= 4 is 33.5 Å². The lowest BCUT2D eigenvalue weighted by Crippen LogP contribution is -2.35. The number of hydrogen-bond acceptors (Lipinski definition) is 5. The maximum absolute atomic E-state index is 12.9. The number of nitrogens with one attached hydrogen (secondary N) is 3. The van der Waals surface area contributed by atoms with Crippen molar-refractivity contribution in [1.82, 2.24) is 4.72 Å². The van der Waals surface area contributed by atoms with Crippen LogP contribution >= 0.6 is 0 Å². The first-order valence-corrected chi connectivity index (χ1v) is 12.6. The summed E-state index contributed by atoms with van der Waals surface area (Å²) in [6.07, 6.45) is 5.08. The van der Waals surface area contributed by atoms with Crippen LogP contribution < -0.4 is 15.4 Å². The molecule has 0 spiro atoms. The quantitative estimate of drug-likeness (QED) is 0.607. The maximum Gasteiger partial charge on any atom is 0.412 e. The summed E-state index contributed by atoms with van der Waals surface area (Å²) in [5.41, 5.74) is 5.05. The van der Waals surface area contributed by atoms with Crippen LogP contribution in [-0.4, -0.2) is 26.1 Å². The summed E-state index contributed by atoms with van der Waals surface area (Å²) < 4.78 is 33.0. The summed E-state index contributed by atoms with van der Waals surface area (Å²) in [6, 6.07) is 7.10. The van der Waals surface area contributed by atoms with Crippen molar-refractivity contribution in [3.8, 4) is 0 Å². The Hall–Kier alpha value is -3.07. The first-order chi connectivity index (χ1) is 15.5. The molecule has 2 aromatic carbocycles. The Kier molecular flexibility index (Phi) is 6.09. The molecule has 8 nitrogen and oxygen atoms in total. The van der Waals surface area contributed by atoms with Crippen molar-refractivity contribution in [1.29, 1.82) is 0 Å². The smallest absolute Gasteiger partial charge is 0.412 e. The molecule has 3 amide bonds. The summed E-state index contributed by atoms with van der Waals surface area (Å²) in [4.78, 5) is 24.6. The van der Waals surface area contributed by atoms with E-state index in [0.717, 1.165) is 55.3 Å². The molecule has 2 aromatic rings. The lowest BCUT2D eigenvalue weighted by molar-refractivity contribution is 0.0636. The van der Waals surface area contributed by atoms with Crippen LogP contribution in [0, 0.1) is 0 Å². The number of anilines is 2. The van der Waals surface area contributed by atoms with E-state index in [0.29, 0.717) is 0 Å². The van der Waals surface area contributed by atoms with Gasteiger partial charge in [0.25, 0.3) is 10.0 Å². The van der Waals surface area contributed by atoms with Gasteiger partial charge < -0.3 is 10.1 Å². The van der Waals surface area contributed by atoms with Crippen molar-refractivity contribution < 1.29 is 22.7 Å². The first kappa shape index (κ1) is 23.1. The predicted octanol–water partition coefficient (Wildman–Crippen LogP) is 4.52. The number of sulfonamides is 1. The Morgan fingerprint density at radius 2 is 1.55 bits per heavy atom. The van der Waals surface area contributed by atoms with E-state index in [1.807, 2.05) is 0 Å². The Labute approximate surface area is 194 Å². The predicted molar refractivity (Wildman–Crippen MR) is 126 cm³/mol. The second-order valence-electron chi connectivity index (χ2n) is 9.45. The molecule has 0 radical (unpaired) electrons. The van der Waals surface area contributed by atoms with Gasteiger partial charge in [-0.2, -0.15) is 0 Å². The molecule has 0 unspecified atom stereocenters. The Morgan fingerprint density at radius 3 is 2.15 bits per heavy atom. The minimum Gasteiger partial charge on any atom is -0.444 e. The molecule has 2 aliphatic rings. The SMILES string of the molecule is CC(C)(C)OC(=O)Nc1cccc(S(=O)(=O)NC(=O)Nc2c3c(cc4c2CCC4)CCC3)c1. The third kappa shape index (κ3) is 5.30. The van der Waals surface area contributed by atoms with Crippen molar-refractivity contribution in [2.75, 3.05) is 10.6 Å². The van der Waals surface area contributed by atoms with Crippen molar-refractivity contribution in [3.63, 3.8) is 0 Å². The fourth-order valence-electron chi connectivity index (χ4n) is 4.45. The number of carbonyl (C=O) groups is 2. The Morgan fingerprint density at radius 1 is 0.909 bits per heavy atom. The zero-order valence-corrected chi connectivity index (χ0v) is 19.9. The largest absolute Gasteiger partial charge is 0.444 e. The van der Waals surface area contributed by atoms with E-state index < -0.39 is 27.7 Å². The van der Waals surface area contributed by atoms with Crippen LogP contribution in [0.25, 0.3) is 0 Å². The second kappa shape index (κ2) is 8.70. The van der Waals surface area contributed by atoms with E-state index in [1.165, 1.54) is 29.3 Å². The first-order valence-electron chi connectivity index (χ1n) is 11.1. The highest BCUT2D eigenvalue weighted by atomic mass is 32.2. The van der Waals surface area contributed by atoms with E-state index in [1.54, 1.807) is 26.8 Å². The van der Waals surface area contributed by atoms with Gasteiger partial charge in [-0.1, -0.05) is 12.1 Å². The van der Waals surface area contributed by atoms with Crippen molar-refractivity contribution in [2.45, 2.75) is 69.8 Å². The normalized spacial score (nSPS) is 14.9. The van der Waals surface area contributed by atoms with Crippen molar-refractivity contribution in [3.05, 3.63) is 52.6 Å². The van der Waals surface area contributed by atoms with E-state index in [2.05, 4.69) is 21.4 Å².